The lowest BCUT2D eigenvalue weighted by Crippen LogP contribution is -2.47. The van der Waals surface area contributed by atoms with Crippen molar-refractivity contribution < 1.29 is 9.59 Å². The molecular weight excluding hydrogens is 282 g/mol. The van der Waals surface area contributed by atoms with Gasteiger partial charge in [0.1, 0.15) is 0 Å². The lowest BCUT2D eigenvalue weighted by Gasteiger charge is -2.35. The van der Waals surface area contributed by atoms with E-state index in [1.807, 2.05) is 11.8 Å². The molecule has 2 saturated heterocycles. The van der Waals surface area contributed by atoms with Crippen LogP contribution in [0.25, 0.3) is 0 Å². The van der Waals surface area contributed by atoms with E-state index in [0.29, 0.717) is 19.0 Å². The summed E-state index contributed by atoms with van der Waals surface area (Å²) >= 11 is 0. The van der Waals surface area contributed by atoms with Crippen molar-refractivity contribution >= 4 is 17.5 Å². The Balaban J connectivity index is 1.65. The normalized spacial score (nSPS) is 27.3. The number of rotatable bonds is 3. The molecule has 3 rings (SSSR count). The van der Waals surface area contributed by atoms with Crippen molar-refractivity contribution in [2.45, 2.75) is 32.2 Å². The highest BCUT2D eigenvalue weighted by atomic mass is 16.2. The Kier molecular flexibility index (Phi) is 4.15. The molecule has 2 fully saturated rings. The van der Waals surface area contributed by atoms with Crippen molar-refractivity contribution in [3.05, 3.63) is 12.4 Å². The van der Waals surface area contributed by atoms with E-state index in [0.717, 1.165) is 25.1 Å². The lowest BCUT2D eigenvalue weighted by molar-refractivity contribution is -0.137. The number of nitrogens with two attached hydrogens (primary N) is 1. The van der Waals surface area contributed by atoms with Crippen LogP contribution >= 0.6 is 0 Å². The first-order valence-corrected chi connectivity index (χ1v) is 7.89. The molecule has 0 bridgehead atoms. The van der Waals surface area contributed by atoms with Gasteiger partial charge in [-0.1, -0.05) is 0 Å². The maximum Gasteiger partial charge on any atom is 0.228 e. The second-order valence-electron chi connectivity index (χ2n) is 6.41. The molecule has 0 aromatic carbocycles. The minimum atomic E-state index is -0.255. The van der Waals surface area contributed by atoms with Crippen LogP contribution in [-0.4, -0.2) is 52.6 Å². The van der Waals surface area contributed by atoms with Crippen LogP contribution in [0, 0.1) is 11.8 Å². The predicted molar refractivity (Wildman–Crippen MR) is 82.0 cm³/mol. The van der Waals surface area contributed by atoms with Gasteiger partial charge in [-0.3, -0.25) is 14.7 Å². The molecule has 0 saturated carbocycles. The number of nitrogens with zero attached hydrogens (tertiary/aromatic N) is 3. The molecular formula is C15H23N5O2. The summed E-state index contributed by atoms with van der Waals surface area (Å²) in [6.07, 6.45) is 5.63. The first kappa shape index (κ1) is 15.0. The molecule has 120 valence electrons. The largest absolute Gasteiger partial charge is 0.342 e. The van der Waals surface area contributed by atoms with Crippen LogP contribution in [-0.2, 0) is 9.59 Å². The van der Waals surface area contributed by atoms with Crippen LogP contribution in [0.3, 0.4) is 0 Å². The number of hydrogen-bond donors (Lipinski definition) is 2. The summed E-state index contributed by atoms with van der Waals surface area (Å²) < 4.78 is 0. The van der Waals surface area contributed by atoms with E-state index in [9.17, 15) is 9.59 Å². The van der Waals surface area contributed by atoms with Gasteiger partial charge in [0, 0.05) is 38.3 Å². The van der Waals surface area contributed by atoms with Crippen molar-refractivity contribution in [3.8, 4) is 0 Å². The van der Waals surface area contributed by atoms with Crippen LogP contribution < -0.4 is 10.6 Å². The highest BCUT2D eigenvalue weighted by Gasteiger charge is 2.38. The number of H-pyrrole nitrogens is 1. The van der Waals surface area contributed by atoms with Gasteiger partial charge in [-0.2, -0.15) is 5.10 Å². The summed E-state index contributed by atoms with van der Waals surface area (Å²) in [6.45, 7) is 3.93. The maximum absolute atomic E-state index is 12.7. The number of hydrogen-bond acceptors (Lipinski definition) is 4. The van der Waals surface area contributed by atoms with Gasteiger partial charge < -0.3 is 15.5 Å². The average molecular weight is 305 g/mol. The summed E-state index contributed by atoms with van der Waals surface area (Å²) in [5.74, 6) is 0.180. The molecule has 1 aromatic heterocycles. The molecule has 2 amide bonds. The number of anilines is 1. The van der Waals surface area contributed by atoms with Crippen LogP contribution in [0.2, 0.25) is 0 Å². The van der Waals surface area contributed by atoms with E-state index in [1.165, 1.54) is 0 Å². The van der Waals surface area contributed by atoms with Gasteiger partial charge >= 0.3 is 0 Å². The molecule has 0 spiro atoms. The van der Waals surface area contributed by atoms with Crippen LogP contribution in [0.5, 0.6) is 0 Å². The highest BCUT2D eigenvalue weighted by Crippen LogP contribution is 2.27. The first-order chi connectivity index (χ1) is 10.6. The molecule has 3 heterocycles. The Labute approximate surface area is 129 Å². The minimum Gasteiger partial charge on any atom is -0.342 e. The van der Waals surface area contributed by atoms with E-state index in [4.69, 9.17) is 5.73 Å². The molecule has 3 atom stereocenters. The third-order valence-corrected chi connectivity index (χ3v) is 4.78. The van der Waals surface area contributed by atoms with Crippen molar-refractivity contribution in [1.29, 1.82) is 0 Å². The molecule has 7 heteroatoms. The number of nitrogens with one attached hydrogen (secondary N) is 1. The van der Waals surface area contributed by atoms with Gasteiger partial charge in [0.25, 0.3) is 0 Å². The number of amides is 2. The third-order valence-electron chi connectivity index (χ3n) is 4.78. The topological polar surface area (TPSA) is 95.3 Å². The van der Waals surface area contributed by atoms with Gasteiger partial charge in [0.15, 0.2) is 0 Å². The molecule has 0 unspecified atom stereocenters. The van der Waals surface area contributed by atoms with E-state index in [1.54, 1.807) is 17.3 Å². The third kappa shape index (κ3) is 2.85. The van der Waals surface area contributed by atoms with Gasteiger partial charge in [-0.15, -0.1) is 0 Å². The molecule has 2 aliphatic rings. The van der Waals surface area contributed by atoms with Crippen molar-refractivity contribution in [1.82, 2.24) is 15.1 Å². The van der Waals surface area contributed by atoms with E-state index < -0.39 is 0 Å². The molecule has 2 aliphatic heterocycles. The van der Waals surface area contributed by atoms with Gasteiger partial charge in [-0.25, -0.2) is 0 Å². The SMILES string of the molecule is C[C@H](N)[C@@H]1CCCN(C(=O)[C@H]2CC(=O)N(c3cn[nH]c3)C2)C1. The Morgan fingerprint density at radius 1 is 1.50 bits per heavy atom. The fraction of sp³-hybridized carbons (Fsp3) is 0.667. The standard InChI is InChI=1S/C15H23N5O2/c1-10(16)11-3-2-4-19(8-11)15(22)12-5-14(21)20(9-12)13-6-17-18-7-13/h6-7,10-12H,2-5,8-9,16H2,1H3,(H,17,18)/t10-,11+,12-/m0/s1. The van der Waals surface area contributed by atoms with Crippen LogP contribution in [0.4, 0.5) is 5.69 Å². The van der Waals surface area contributed by atoms with Crippen molar-refractivity contribution in [2.24, 2.45) is 17.6 Å². The second kappa shape index (κ2) is 6.08. The van der Waals surface area contributed by atoms with E-state index in [-0.39, 0.29) is 30.2 Å². The molecule has 7 nitrogen and oxygen atoms in total. The molecule has 0 aliphatic carbocycles. The average Bonchev–Trinajstić information content (AvgIpc) is 3.15. The van der Waals surface area contributed by atoms with Gasteiger partial charge in [-0.05, 0) is 25.7 Å². The van der Waals surface area contributed by atoms with Gasteiger partial charge in [0.05, 0.1) is 17.8 Å². The summed E-state index contributed by atoms with van der Waals surface area (Å²) in [4.78, 5) is 28.4. The molecule has 22 heavy (non-hydrogen) atoms. The van der Waals surface area contributed by atoms with Crippen molar-refractivity contribution in [2.75, 3.05) is 24.5 Å². The zero-order chi connectivity index (χ0) is 15.7. The fourth-order valence-corrected chi connectivity index (χ4v) is 3.41. The highest BCUT2D eigenvalue weighted by molar-refractivity contribution is 6.00. The summed E-state index contributed by atoms with van der Waals surface area (Å²) in [6, 6.07) is 0.100. The van der Waals surface area contributed by atoms with Crippen LogP contribution in [0.1, 0.15) is 26.2 Å². The molecule has 0 radical (unpaired) electrons. The lowest BCUT2D eigenvalue weighted by atomic mass is 9.91. The maximum atomic E-state index is 12.7. The second-order valence-corrected chi connectivity index (χ2v) is 6.41. The van der Waals surface area contributed by atoms with E-state index in [2.05, 4.69) is 10.2 Å². The monoisotopic (exact) mass is 305 g/mol. The number of piperidine rings is 1. The number of likely N-dealkylation sites (tertiary alicyclic amines) is 1. The predicted octanol–water partition coefficient (Wildman–Crippen LogP) is 0.348. The number of carbonyl (C=O) groups excluding carboxylic acids is 2. The fourth-order valence-electron chi connectivity index (χ4n) is 3.41. The molecule has 3 N–H and O–H groups in total. The smallest absolute Gasteiger partial charge is 0.228 e. The zero-order valence-electron chi connectivity index (χ0n) is 12.9. The van der Waals surface area contributed by atoms with Gasteiger partial charge in [0.2, 0.25) is 11.8 Å². The quantitative estimate of drug-likeness (QED) is 0.842. The van der Waals surface area contributed by atoms with Crippen molar-refractivity contribution in [3.63, 3.8) is 0 Å². The Hall–Kier alpha value is -1.89. The Morgan fingerprint density at radius 2 is 2.32 bits per heavy atom. The molecule has 1 aromatic rings. The summed E-state index contributed by atoms with van der Waals surface area (Å²) in [7, 11) is 0. The van der Waals surface area contributed by atoms with E-state index >= 15 is 0 Å². The first-order valence-electron chi connectivity index (χ1n) is 7.89. The Morgan fingerprint density at radius 3 is 3.00 bits per heavy atom. The number of carbonyl (C=O) groups is 2. The number of aromatic nitrogens is 2. The Bertz CT molecular complexity index is 542. The number of aromatic amines is 1. The minimum absolute atomic E-state index is 0.0134. The summed E-state index contributed by atoms with van der Waals surface area (Å²) in [5.41, 5.74) is 6.71. The zero-order valence-corrected chi connectivity index (χ0v) is 12.9. The summed E-state index contributed by atoms with van der Waals surface area (Å²) in [5, 5.41) is 6.56. The van der Waals surface area contributed by atoms with Crippen LogP contribution in [0.15, 0.2) is 12.4 Å².